The maximum Gasteiger partial charge on any atom is 0.271 e. The highest BCUT2D eigenvalue weighted by molar-refractivity contribution is 7.80. The predicted molar refractivity (Wildman–Crippen MR) is 132 cm³/mol. The molecule has 9 nitrogen and oxygen atoms in total. The Labute approximate surface area is 203 Å². The molecule has 0 saturated carbocycles. The number of aliphatic hydroxyl groups excluding tert-OH is 1. The smallest absolute Gasteiger partial charge is 0.271 e. The molecule has 3 heterocycles. The fourth-order valence-corrected chi connectivity index (χ4v) is 4.98. The Kier molecular flexibility index (Phi) is 6.80. The van der Waals surface area contributed by atoms with E-state index in [-0.39, 0.29) is 24.4 Å². The second kappa shape index (κ2) is 9.78. The van der Waals surface area contributed by atoms with Gasteiger partial charge in [-0.2, -0.15) is 0 Å². The van der Waals surface area contributed by atoms with Gasteiger partial charge in [-0.25, -0.2) is 0 Å². The number of aryl methyl sites for hydroxylation is 1. The van der Waals surface area contributed by atoms with Gasteiger partial charge < -0.3 is 24.6 Å². The molecular weight excluding hydrogens is 454 g/mol. The minimum absolute atomic E-state index is 0.00973. The average molecular weight is 482 g/mol. The van der Waals surface area contributed by atoms with Gasteiger partial charge in [-0.1, -0.05) is 6.07 Å². The first kappa shape index (κ1) is 23.7. The van der Waals surface area contributed by atoms with Crippen LogP contribution in [0.15, 0.2) is 48.7 Å². The first-order chi connectivity index (χ1) is 16.4. The first-order valence-electron chi connectivity index (χ1n) is 11.0. The molecule has 2 aromatic heterocycles. The Bertz CT molecular complexity index is 1210. The van der Waals surface area contributed by atoms with E-state index >= 15 is 0 Å². The molecule has 3 aromatic rings. The molecule has 0 spiro atoms. The van der Waals surface area contributed by atoms with Gasteiger partial charge >= 0.3 is 0 Å². The fraction of sp³-hybridized carbons (Fsp3) is 0.333. The van der Waals surface area contributed by atoms with E-state index in [1.54, 1.807) is 19.4 Å². The number of thiocarbonyl (C=S) groups is 1. The SMILES string of the molecule is COc1ccc([N+](=O)[O-])cc1-n1c(C)cc([C@@H]2[C@@H](c3ccccn3)NC(=S)N2CCCO)c1C. The molecule has 0 aliphatic carbocycles. The molecule has 10 heteroatoms. The summed E-state index contributed by atoms with van der Waals surface area (Å²) in [5.74, 6) is 0.539. The third-order valence-electron chi connectivity index (χ3n) is 6.16. The van der Waals surface area contributed by atoms with E-state index in [1.165, 1.54) is 12.1 Å². The number of nitro groups is 1. The molecule has 1 fully saturated rings. The highest BCUT2D eigenvalue weighted by atomic mass is 32.1. The van der Waals surface area contributed by atoms with Crippen LogP contribution in [0.5, 0.6) is 5.75 Å². The topological polar surface area (TPSA) is 106 Å². The predicted octanol–water partition coefficient (Wildman–Crippen LogP) is 3.76. The van der Waals surface area contributed by atoms with Crippen molar-refractivity contribution in [1.29, 1.82) is 0 Å². The number of non-ortho nitro benzene ring substituents is 1. The van der Waals surface area contributed by atoms with Gasteiger partial charge in [0.1, 0.15) is 5.75 Å². The summed E-state index contributed by atoms with van der Waals surface area (Å²) in [7, 11) is 1.55. The average Bonchev–Trinajstić information content (AvgIpc) is 3.32. The van der Waals surface area contributed by atoms with Crippen LogP contribution in [0, 0.1) is 24.0 Å². The summed E-state index contributed by atoms with van der Waals surface area (Å²) >= 11 is 5.67. The summed E-state index contributed by atoms with van der Waals surface area (Å²) in [6.45, 7) is 4.59. The Hall–Kier alpha value is -3.50. The van der Waals surface area contributed by atoms with Crippen molar-refractivity contribution in [3.63, 3.8) is 0 Å². The van der Waals surface area contributed by atoms with Gasteiger partial charge in [0.2, 0.25) is 0 Å². The number of hydrogen-bond donors (Lipinski definition) is 2. The van der Waals surface area contributed by atoms with E-state index in [0.29, 0.717) is 29.5 Å². The number of rotatable bonds is 8. The van der Waals surface area contributed by atoms with Crippen LogP contribution >= 0.6 is 12.2 Å². The van der Waals surface area contributed by atoms with Gasteiger partial charge in [0, 0.05) is 42.9 Å². The highest BCUT2D eigenvalue weighted by Gasteiger charge is 2.41. The maximum absolute atomic E-state index is 11.4. The number of methoxy groups -OCH3 is 1. The maximum atomic E-state index is 11.4. The number of nitrogens with zero attached hydrogens (tertiary/aromatic N) is 4. The van der Waals surface area contributed by atoms with Gasteiger partial charge in [-0.3, -0.25) is 15.1 Å². The zero-order chi connectivity index (χ0) is 24.4. The monoisotopic (exact) mass is 481 g/mol. The standard InChI is InChI=1S/C24H27N5O4S/c1-15-13-18(16(2)28(15)20-14-17(29(31)32)8-9-21(20)33-3)23-22(19-7-4-5-10-25-19)26-24(34)27(23)11-6-12-30/h4-5,7-10,13-14,22-23,30H,6,11-12H2,1-3H3,(H,26,34)/t22-,23-/m1/s1. The molecule has 34 heavy (non-hydrogen) atoms. The lowest BCUT2D eigenvalue weighted by Gasteiger charge is -2.28. The molecule has 0 bridgehead atoms. The Morgan fingerprint density at radius 2 is 2.06 bits per heavy atom. The molecule has 4 rings (SSSR count). The molecule has 1 aromatic carbocycles. The van der Waals surface area contributed by atoms with E-state index in [9.17, 15) is 15.2 Å². The van der Waals surface area contributed by atoms with Crippen LogP contribution in [0.25, 0.3) is 5.69 Å². The van der Waals surface area contributed by atoms with E-state index in [1.807, 2.05) is 36.6 Å². The number of nitrogens with one attached hydrogen (secondary N) is 1. The largest absolute Gasteiger partial charge is 0.495 e. The number of benzene rings is 1. The number of hydrogen-bond acceptors (Lipinski definition) is 6. The third-order valence-corrected chi connectivity index (χ3v) is 6.51. The highest BCUT2D eigenvalue weighted by Crippen LogP contribution is 2.42. The number of pyridine rings is 1. The van der Waals surface area contributed by atoms with Crippen molar-refractivity contribution in [3.05, 3.63) is 81.4 Å². The lowest BCUT2D eigenvalue weighted by molar-refractivity contribution is -0.384. The van der Waals surface area contributed by atoms with Crippen molar-refractivity contribution in [2.24, 2.45) is 0 Å². The number of aromatic nitrogens is 2. The number of nitro benzene ring substituents is 1. The normalized spacial score (nSPS) is 17.6. The molecule has 0 unspecified atom stereocenters. The summed E-state index contributed by atoms with van der Waals surface area (Å²) in [5, 5.41) is 24.9. The van der Waals surface area contributed by atoms with Crippen LogP contribution in [0.3, 0.4) is 0 Å². The summed E-state index contributed by atoms with van der Waals surface area (Å²) in [6.07, 6.45) is 2.33. The Morgan fingerprint density at radius 3 is 2.71 bits per heavy atom. The fourth-order valence-electron chi connectivity index (χ4n) is 4.65. The number of ether oxygens (including phenoxy) is 1. The minimum atomic E-state index is -0.412. The Balaban J connectivity index is 1.86. The zero-order valence-corrected chi connectivity index (χ0v) is 20.1. The molecule has 0 amide bonds. The van der Waals surface area contributed by atoms with Crippen LogP contribution in [-0.4, -0.2) is 49.9 Å². The zero-order valence-electron chi connectivity index (χ0n) is 19.3. The molecule has 1 aliphatic heterocycles. The van der Waals surface area contributed by atoms with Gasteiger partial charge in [-0.15, -0.1) is 0 Å². The summed E-state index contributed by atoms with van der Waals surface area (Å²) in [6, 6.07) is 12.1. The summed E-state index contributed by atoms with van der Waals surface area (Å²) in [4.78, 5) is 17.7. The van der Waals surface area contributed by atoms with Crippen LogP contribution in [-0.2, 0) is 0 Å². The third kappa shape index (κ3) is 4.22. The second-order valence-electron chi connectivity index (χ2n) is 8.17. The molecule has 2 atom stereocenters. The first-order valence-corrected chi connectivity index (χ1v) is 11.4. The van der Waals surface area contributed by atoms with Crippen LogP contribution in [0.4, 0.5) is 5.69 Å². The lowest BCUT2D eigenvalue weighted by Crippen LogP contribution is -2.31. The second-order valence-corrected chi connectivity index (χ2v) is 8.56. The van der Waals surface area contributed by atoms with Crippen molar-refractivity contribution in [3.8, 4) is 11.4 Å². The summed E-state index contributed by atoms with van der Waals surface area (Å²) < 4.78 is 7.51. The lowest BCUT2D eigenvalue weighted by atomic mass is 9.96. The van der Waals surface area contributed by atoms with E-state index in [0.717, 1.165) is 22.6 Å². The van der Waals surface area contributed by atoms with Crippen molar-refractivity contribution in [2.45, 2.75) is 32.4 Å². The van der Waals surface area contributed by atoms with Gasteiger partial charge in [0.25, 0.3) is 5.69 Å². The van der Waals surface area contributed by atoms with Crippen molar-refractivity contribution < 1.29 is 14.8 Å². The minimum Gasteiger partial charge on any atom is -0.495 e. The van der Waals surface area contributed by atoms with E-state index in [2.05, 4.69) is 21.3 Å². The molecular formula is C24H27N5O4S. The van der Waals surface area contributed by atoms with Gasteiger partial charge in [0.05, 0.1) is 35.5 Å². The molecule has 2 N–H and O–H groups in total. The van der Waals surface area contributed by atoms with Crippen LogP contribution < -0.4 is 10.1 Å². The molecule has 0 radical (unpaired) electrons. The van der Waals surface area contributed by atoms with Crippen molar-refractivity contribution >= 4 is 23.0 Å². The molecule has 178 valence electrons. The Morgan fingerprint density at radius 1 is 1.26 bits per heavy atom. The van der Waals surface area contributed by atoms with E-state index < -0.39 is 4.92 Å². The molecule has 1 saturated heterocycles. The van der Waals surface area contributed by atoms with E-state index in [4.69, 9.17) is 17.0 Å². The van der Waals surface area contributed by atoms with Crippen molar-refractivity contribution in [1.82, 2.24) is 19.8 Å². The molecule has 1 aliphatic rings. The van der Waals surface area contributed by atoms with Gasteiger partial charge in [-0.05, 0) is 62.3 Å². The van der Waals surface area contributed by atoms with Crippen molar-refractivity contribution in [2.75, 3.05) is 20.3 Å². The summed E-state index contributed by atoms with van der Waals surface area (Å²) in [5.41, 5.74) is 4.30. The quantitative estimate of drug-likeness (QED) is 0.285. The number of aliphatic hydroxyl groups is 1. The van der Waals surface area contributed by atoms with Gasteiger partial charge in [0.15, 0.2) is 5.11 Å². The van der Waals surface area contributed by atoms with Crippen LogP contribution in [0.2, 0.25) is 0 Å². The van der Waals surface area contributed by atoms with Crippen LogP contribution in [0.1, 0.15) is 41.1 Å².